The molecule has 2 unspecified atom stereocenters. The van der Waals surface area contributed by atoms with Gasteiger partial charge in [0.15, 0.2) is 0 Å². The molecule has 8 rings (SSSR count). The van der Waals surface area contributed by atoms with Crippen LogP contribution in [0.2, 0.25) is 0 Å². The molecule has 64 heavy (non-hydrogen) atoms. The summed E-state index contributed by atoms with van der Waals surface area (Å²) in [5.74, 6) is 1.94. The smallest absolute Gasteiger partial charge is 0.255 e. The quantitative estimate of drug-likeness (QED) is 0.0536. The van der Waals surface area contributed by atoms with Crippen LogP contribution in [0.15, 0.2) is 77.7 Å². The summed E-state index contributed by atoms with van der Waals surface area (Å²) in [7, 11) is 0. The van der Waals surface area contributed by atoms with E-state index in [0.29, 0.717) is 106 Å². The number of nitrogens with zero attached hydrogens (tertiary/aromatic N) is 4. The topological polar surface area (TPSA) is 189 Å². The van der Waals surface area contributed by atoms with Crippen LogP contribution in [0, 0.1) is 5.92 Å². The van der Waals surface area contributed by atoms with Crippen molar-refractivity contribution in [2.75, 3.05) is 90.1 Å². The third kappa shape index (κ3) is 11.1. The van der Waals surface area contributed by atoms with Crippen molar-refractivity contribution in [3.63, 3.8) is 0 Å². The Morgan fingerprint density at radius 2 is 1.47 bits per heavy atom. The summed E-state index contributed by atoms with van der Waals surface area (Å²) in [6.07, 6.45) is 3.59. The van der Waals surface area contributed by atoms with E-state index in [0.717, 1.165) is 67.2 Å². The van der Waals surface area contributed by atoms with E-state index in [1.807, 2.05) is 71.4 Å². The van der Waals surface area contributed by atoms with Crippen LogP contribution in [0.25, 0.3) is 11.3 Å². The molecule has 0 saturated carbocycles. The monoisotopic (exact) mass is 895 g/mol. The first-order valence-corrected chi connectivity index (χ1v) is 23.2. The van der Waals surface area contributed by atoms with Crippen LogP contribution < -0.4 is 21.1 Å². The van der Waals surface area contributed by atoms with Gasteiger partial charge in [0, 0.05) is 47.8 Å². The van der Waals surface area contributed by atoms with Gasteiger partial charge in [-0.25, -0.2) is 4.68 Å². The van der Waals surface area contributed by atoms with Gasteiger partial charge in [-0.3, -0.25) is 24.5 Å². The lowest BCUT2D eigenvalue weighted by Crippen LogP contribution is -2.52. The largest absolute Gasteiger partial charge is 0.457 e. The molecule has 2 saturated heterocycles. The van der Waals surface area contributed by atoms with E-state index in [4.69, 9.17) is 34.5 Å². The average molecular weight is 896 g/mol. The Bertz CT molecular complexity index is 2230. The maximum Gasteiger partial charge on any atom is 0.255 e. The first kappa shape index (κ1) is 45.3. The number of aromatic nitrogens is 2. The number of nitrogens with one attached hydrogen (secondary N) is 2. The number of carbonyl (C=O) groups is 4. The highest BCUT2D eigenvalue weighted by molar-refractivity contribution is 7.99. The number of carbonyl (C=O) groups excluding carboxylic acids is 4. The molecule has 0 radical (unpaired) electrons. The van der Waals surface area contributed by atoms with Crippen LogP contribution in [-0.4, -0.2) is 134 Å². The number of benzene rings is 3. The van der Waals surface area contributed by atoms with Gasteiger partial charge in [0.05, 0.1) is 58.9 Å². The van der Waals surface area contributed by atoms with Crippen molar-refractivity contribution in [2.45, 2.75) is 55.6 Å². The van der Waals surface area contributed by atoms with Gasteiger partial charge in [0.1, 0.15) is 34.6 Å². The molecular weight excluding hydrogens is 839 g/mol. The Balaban J connectivity index is 0.660. The molecule has 2 fully saturated rings. The van der Waals surface area contributed by atoms with E-state index >= 15 is 0 Å². The molecule has 0 bridgehead atoms. The highest BCUT2D eigenvalue weighted by Gasteiger charge is 2.40. The summed E-state index contributed by atoms with van der Waals surface area (Å²) in [6, 6.07) is 22.4. The number of amides is 4. The van der Waals surface area contributed by atoms with E-state index in [-0.39, 0.29) is 24.3 Å². The number of primary amides is 1. The predicted molar refractivity (Wildman–Crippen MR) is 240 cm³/mol. The first-order valence-electron chi connectivity index (χ1n) is 22.3. The van der Waals surface area contributed by atoms with Crippen LogP contribution in [0.4, 0.5) is 5.82 Å². The second-order valence-electron chi connectivity index (χ2n) is 16.3. The second-order valence-corrected chi connectivity index (χ2v) is 17.4. The molecule has 4 amide bonds. The van der Waals surface area contributed by atoms with E-state index < -0.39 is 17.9 Å². The predicted octanol–water partition coefficient (Wildman–Crippen LogP) is 5.13. The Morgan fingerprint density at radius 1 is 0.781 bits per heavy atom. The molecule has 5 heterocycles. The van der Waals surface area contributed by atoms with Gasteiger partial charge in [0.2, 0.25) is 11.8 Å². The number of piperidine rings is 2. The average Bonchev–Trinajstić information content (AvgIpc) is 3.87. The van der Waals surface area contributed by atoms with Crippen molar-refractivity contribution in [3.05, 3.63) is 89.5 Å². The lowest BCUT2D eigenvalue weighted by atomic mass is 9.87. The molecule has 3 aromatic carbocycles. The van der Waals surface area contributed by atoms with Crippen molar-refractivity contribution in [3.8, 4) is 22.8 Å². The zero-order chi connectivity index (χ0) is 44.3. The van der Waals surface area contributed by atoms with Crippen LogP contribution in [0.3, 0.4) is 0 Å². The Morgan fingerprint density at radius 3 is 2.17 bits per heavy atom. The number of thioether (sulfide) groups is 1. The van der Waals surface area contributed by atoms with Crippen molar-refractivity contribution in [1.29, 1.82) is 0 Å². The number of likely N-dealkylation sites (tertiary alicyclic amines) is 1. The van der Waals surface area contributed by atoms with Crippen molar-refractivity contribution in [1.82, 2.24) is 24.9 Å². The fraction of sp³-hybridized carbons (Fsp3) is 0.468. The molecule has 4 aromatic rings. The number of nitrogens with two attached hydrogens (primary N) is 1. The molecule has 4 aliphatic rings. The van der Waals surface area contributed by atoms with Gasteiger partial charge in [-0.05, 0) is 98.8 Å². The van der Waals surface area contributed by atoms with Gasteiger partial charge < -0.3 is 44.5 Å². The summed E-state index contributed by atoms with van der Waals surface area (Å²) in [5.41, 5.74) is 9.32. The maximum absolute atomic E-state index is 13.1. The number of rotatable bonds is 22. The van der Waals surface area contributed by atoms with Gasteiger partial charge in [-0.1, -0.05) is 24.3 Å². The number of ether oxygens (including phenoxy) is 5. The third-order valence-electron chi connectivity index (χ3n) is 12.2. The third-order valence-corrected chi connectivity index (χ3v) is 13.2. The lowest BCUT2D eigenvalue weighted by Gasteiger charge is -2.38. The molecule has 4 N–H and O–H groups in total. The Labute approximate surface area is 377 Å². The van der Waals surface area contributed by atoms with E-state index in [9.17, 15) is 19.2 Å². The molecule has 16 nitrogen and oxygen atoms in total. The molecule has 1 aromatic heterocycles. The van der Waals surface area contributed by atoms with Crippen molar-refractivity contribution in [2.24, 2.45) is 11.7 Å². The molecule has 2 atom stereocenters. The van der Waals surface area contributed by atoms with E-state index in [1.54, 1.807) is 22.7 Å². The molecule has 0 aliphatic carbocycles. The summed E-state index contributed by atoms with van der Waals surface area (Å²) in [4.78, 5) is 54.8. The van der Waals surface area contributed by atoms with Crippen LogP contribution in [-0.2, 0) is 35.1 Å². The summed E-state index contributed by atoms with van der Waals surface area (Å²) in [6.45, 7) is 8.03. The molecule has 0 spiro atoms. The highest BCUT2D eigenvalue weighted by Crippen LogP contribution is 2.40. The number of hydrogen-bond acceptors (Lipinski definition) is 13. The number of imide groups is 1. The van der Waals surface area contributed by atoms with Gasteiger partial charge in [-0.15, -0.1) is 11.8 Å². The second kappa shape index (κ2) is 22.1. The number of para-hydroxylation sites is 1. The molecule has 4 aliphatic heterocycles. The number of anilines is 1. The van der Waals surface area contributed by atoms with E-state index in [1.165, 1.54) is 0 Å². The standard InChI is InChI=1S/C47H57N7O9S/c48-44(56)42-43(33-9-11-35(12-10-33)63-34-5-2-1-3-6-34)51-54-38(15-18-49-45(42)54)32-16-19-52(20-17-32)21-22-59-23-24-60-25-26-61-27-28-62-29-30-64-40-8-4-7-36-37(40)31-53(47(36)58)39-13-14-41(55)50-46(39)57/h1-12,32,38-39,49H,13-31H2,(H2,48,56)(H,50,55,57). The fourth-order valence-electron chi connectivity index (χ4n) is 8.90. The van der Waals surface area contributed by atoms with Gasteiger partial charge >= 0.3 is 0 Å². The van der Waals surface area contributed by atoms with Crippen LogP contribution >= 0.6 is 11.8 Å². The fourth-order valence-corrected chi connectivity index (χ4v) is 9.85. The highest BCUT2D eigenvalue weighted by atomic mass is 32.2. The summed E-state index contributed by atoms with van der Waals surface area (Å²) < 4.78 is 31.0. The van der Waals surface area contributed by atoms with Crippen LogP contribution in [0.1, 0.15) is 64.4 Å². The minimum absolute atomic E-state index is 0.169. The number of fused-ring (bicyclic) bond motifs is 2. The van der Waals surface area contributed by atoms with Crippen LogP contribution in [0.5, 0.6) is 11.5 Å². The SMILES string of the molecule is NC(=O)c1c(-c2ccc(Oc3ccccc3)cc2)nn2c1NCCC2C1CCN(CCOCCOCCOCCOCCSc2cccc3c2CN(C2CCC(=O)NC2=O)C3=O)CC1. The van der Waals surface area contributed by atoms with Gasteiger partial charge in [-0.2, -0.15) is 5.10 Å². The number of hydrogen-bond donors (Lipinski definition) is 3. The minimum Gasteiger partial charge on any atom is -0.457 e. The van der Waals surface area contributed by atoms with E-state index in [2.05, 4.69) is 15.5 Å². The zero-order valence-corrected chi connectivity index (χ0v) is 36.9. The lowest BCUT2D eigenvalue weighted by molar-refractivity contribution is -0.136. The Hall–Kier alpha value is -5.30. The minimum atomic E-state index is -0.625. The maximum atomic E-state index is 13.1. The van der Waals surface area contributed by atoms with Crippen molar-refractivity contribution < 1.29 is 42.9 Å². The molecule has 17 heteroatoms. The van der Waals surface area contributed by atoms with Crippen molar-refractivity contribution >= 4 is 41.2 Å². The first-order chi connectivity index (χ1) is 31.3. The zero-order valence-electron chi connectivity index (χ0n) is 36.0. The molecular formula is C47H57N7O9S. The summed E-state index contributed by atoms with van der Waals surface area (Å²) in [5, 5.41) is 10.8. The Kier molecular flexibility index (Phi) is 15.6. The molecule has 340 valence electrons. The van der Waals surface area contributed by atoms with Gasteiger partial charge in [0.25, 0.3) is 11.8 Å². The summed E-state index contributed by atoms with van der Waals surface area (Å²) >= 11 is 1.62. The normalized spacial score (nSPS) is 19.0.